The summed E-state index contributed by atoms with van der Waals surface area (Å²) in [6.07, 6.45) is 4.46. The Hall–Kier alpha value is -1.95. The van der Waals surface area contributed by atoms with Gasteiger partial charge in [-0.05, 0) is 34.1 Å². The number of carboxylic acids is 1. The molecule has 1 aromatic carbocycles. The van der Waals surface area contributed by atoms with Crippen LogP contribution in [0.3, 0.4) is 0 Å². The largest absolute Gasteiger partial charge is 0.478 e. The van der Waals surface area contributed by atoms with Crippen LogP contribution in [0.4, 0.5) is 0 Å². The highest BCUT2D eigenvalue weighted by Crippen LogP contribution is 2.29. The molecular weight excluding hydrogens is 288 g/mol. The van der Waals surface area contributed by atoms with Gasteiger partial charge in [-0.2, -0.15) is 0 Å². The van der Waals surface area contributed by atoms with E-state index in [1.165, 1.54) is 30.7 Å². The molecule has 2 rings (SSSR count). The van der Waals surface area contributed by atoms with E-state index in [4.69, 9.17) is 9.84 Å². The summed E-state index contributed by atoms with van der Waals surface area (Å²) in [7, 11) is 0. The lowest BCUT2D eigenvalue weighted by molar-refractivity contribution is 0.0696. The first-order chi connectivity index (χ1) is 8.16. The quantitative estimate of drug-likeness (QED) is 0.942. The molecule has 1 heterocycles. The molecule has 0 unspecified atom stereocenters. The van der Waals surface area contributed by atoms with Crippen LogP contribution in [-0.2, 0) is 0 Å². The average molecular weight is 295 g/mol. The van der Waals surface area contributed by atoms with Gasteiger partial charge in [-0.1, -0.05) is 0 Å². The highest BCUT2D eigenvalue weighted by Gasteiger charge is 2.09. The maximum Gasteiger partial charge on any atom is 0.335 e. The molecule has 0 saturated heterocycles. The number of benzene rings is 1. The second-order valence-corrected chi connectivity index (χ2v) is 3.95. The molecule has 0 atom stereocenters. The number of rotatable bonds is 3. The number of hydrogen-bond acceptors (Lipinski definition) is 4. The van der Waals surface area contributed by atoms with Gasteiger partial charge in [0.2, 0.25) is 5.88 Å². The molecule has 2 aromatic rings. The molecule has 0 aliphatic carbocycles. The lowest BCUT2D eigenvalue weighted by atomic mass is 10.2. The van der Waals surface area contributed by atoms with E-state index in [9.17, 15) is 4.79 Å². The van der Waals surface area contributed by atoms with Crippen molar-refractivity contribution in [2.45, 2.75) is 0 Å². The van der Waals surface area contributed by atoms with Gasteiger partial charge >= 0.3 is 5.97 Å². The van der Waals surface area contributed by atoms with Crippen LogP contribution in [0.2, 0.25) is 0 Å². The van der Waals surface area contributed by atoms with Crippen LogP contribution in [0.5, 0.6) is 11.6 Å². The Labute approximate surface area is 105 Å². The van der Waals surface area contributed by atoms with Crippen molar-refractivity contribution in [1.82, 2.24) is 9.97 Å². The third-order valence-electron chi connectivity index (χ3n) is 1.93. The summed E-state index contributed by atoms with van der Waals surface area (Å²) in [6, 6.07) is 4.51. The topological polar surface area (TPSA) is 72.3 Å². The van der Waals surface area contributed by atoms with Gasteiger partial charge in [0, 0.05) is 12.4 Å². The monoisotopic (exact) mass is 294 g/mol. The summed E-state index contributed by atoms with van der Waals surface area (Å²) in [5.41, 5.74) is 0.145. The number of nitrogens with zero attached hydrogens (tertiary/aromatic N) is 2. The Kier molecular flexibility index (Phi) is 3.34. The van der Waals surface area contributed by atoms with Crippen LogP contribution in [0.15, 0.2) is 41.3 Å². The number of halogens is 1. The van der Waals surface area contributed by atoms with Gasteiger partial charge < -0.3 is 9.84 Å². The van der Waals surface area contributed by atoms with E-state index >= 15 is 0 Å². The van der Waals surface area contributed by atoms with E-state index in [2.05, 4.69) is 25.9 Å². The van der Waals surface area contributed by atoms with E-state index in [0.717, 1.165) is 0 Å². The second kappa shape index (κ2) is 4.92. The van der Waals surface area contributed by atoms with Gasteiger partial charge in [0.15, 0.2) is 0 Å². The molecular formula is C11H7BrN2O3. The molecule has 0 radical (unpaired) electrons. The van der Waals surface area contributed by atoms with Crippen LogP contribution < -0.4 is 4.74 Å². The van der Waals surface area contributed by atoms with Crippen molar-refractivity contribution in [2.75, 3.05) is 0 Å². The third kappa shape index (κ3) is 2.79. The number of ether oxygens (including phenoxy) is 1. The van der Waals surface area contributed by atoms with E-state index in [1.807, 2.05) is 0 Å². The predicted octanol–water partition coefficient (Wildman–Crippen LogP) is 2.73. The fourth-order valence-corrected chi connectivity index (χ4v) is 1.49. The highest BCUT2D eigenvalue weighted by atomic mass is 79.9. The number of aromatic nitrogens is 2. The standard InChI is InChI=1S/C11H7BrN2O3/c12-8-2-1-7(11(15)16)5-9(8)17-10-6-13-3-4-14-10/h1-6H,(H,15,16). The van der Waals surface area contributed by atoms with Crippen LogP contribution >= 0.6 is 15.9 Å². The Bertz CT molecular complexity index is 546. The van der Waals surface area contributed by atoms with Crippen LogP contribution in [0.25, 0.3) is 0 Å². The van der Waals surface area contributed by atoms with Gasteiger partial charge in [0.25, 0.3) is 0 Å². The lowest BCUT2D eigenvalue weighted by Crippen LogP contribution is -1.97. The molecule has 1 aromatic heterocycles. The first kappa shape index (κ1) is 11.5. The molecule has 0 aliphatic rings. The predicted molar refractivity (Wildman–Crippen MR) is 63.2 cm³/mol. The molecule has 17 heavy (non-hydrogen) atoms. The minimum Gasteiger partial charge on any atom is -0.478 e. The maximum absolute atomic E-state index is 10.8. The smallest absolute Gasteiger partial charge is 0.335 e. The molecule has 6 heteroatoms. The van der Waals surface area contributed by atoms with Crippen molar-refractivity contribution in [3.05, 3.63) is 46.8 Å². The van der Waals surface area contributed by atoms with Gasteiger partial charge in [0.05, 0.1) is 16.2 Å². The average Bonchev–Trinajstić information content (AvgIpc) is 2.33. The summed E-state index contributed by atoms with van der Waals surface area (Å²) in [4.78, 5) is 18.6. The summed E-state index contributed by atoms with van der Waals surface area (Å²) < 4.78 is 6.06. The number of aromatic carboxylic acids is 1. The Balaban J connectivity index is 2.32. The van der Waals surface area contributed by atoms with Gasteiger partial charge in [-0.3, -0.25) is 4.98 Å². The maximum atomic E-state index is 10.8. The van der Waals surface area contributed by atoms with Crippen LogP contribution in [0.1, 0.15) is 10.4 Å². The Morgan fingerprint density at radius 3 is 2.82 bits per heavy atom. The van der Waals surface area contributed by atoms with Crippen molar-refractivity contribution < 1.29 is 14.6 Å². The zero-order valence-corrected chi connectivity index (χ0v) is 10.1. The lowest BCUT2D eigenvalue weighted by Gasteiger charge is -2.06. The summed E-state index contributed by atoms with van der Waals surface area (Å²) in [5.74, 6) is -0.331. The minimum atomic E-state index is -1.01. The van der Waals surface area contributed by atoms with Crippen LogP contribution in [0, 0.1) is 0 Å². The molecule has 0 amide bonds. The Morgan fingerprint density at radius 2 is 2.18 bits per heavy atom. The molecule has 0 fully saturated rings. The molecule has 0 saturated carbocycles. The van der Waals surface area contributed by atoms with Gasteiger partial charge in [-0.25, -0.2) is 9.78 Å². The van der Waals surface area contributed by atoms with Crippen molar-refractivity contribution in [3.63, 3.8) is 0 Å². The zero-order chi connectivity index (χ0) is 12.3. The number of hydrogen-bond donors (Lipinski definition) is 1. The molecule has 0 spiro atoms. The van der Waals surface area contributed by atoms with Crippen LogP contribution in [-0.4, -0.2) is 21.0 Å². The first-order valence-electron chi connectivity index (χ1n) is 4.63. The minimum absolute atomic E-state index is 0.145. The molecule has 1 N–H and O–H groups in total. The summed E-state index contributed by atoms with van der Waals surface area (Å²) in [6.45, 7) is 0. The molecule has 86 valence electrons. The highest BCUT2D eigenvalue weighted by molar-refractivity contribution is 9.10. The van der Waals surface area contributed by atoms with Gasteiger partial charge in [0.1, 0.15) is 5.75 Å². The van der Waals surface area contributed by atoms with E-state index in [0.29, 0.717) is 16.1 Å². The zero-order valence-electron chi connectivity index (χ0n) is 8.50. The van der Waals surface area contributed by atoms with E-state index < -0.39 is 5.97 Å². The SMILES string of the molecule is O=C(O)c1ccc(Br)c(Oc2cnccn2)c1. The summed E-state index contributed by atoms with van der Waals surface area (Å²) in [5, 5.41) is 8.87. The Morgan fingerprint density at radius 1 is 1.35 bits per heavy atom. The fourth-order valence-electron chi connectivity index (χ4n) is 1.17. The van der Waals surface area contributed by atoms with Crippen molar-refractivity contribution in [1.29, 1.82) is 0 Å². The number of carboxylic acid groups (broad SMARTS) is 1. The van der Waals surface area contributed by atoms with E-state index in [-0.39, 0.29) is 5.56 Å². The third-order valence-corrected chi connectivity index (χ3v) is 2.59. The van der Waals surface area contributed by atoms with Crippen molar-refractivity contribution in [2.24, 2.45) is 0 Å². The second-order valence-electron chi connectivity index (χ2n) is 3.10. The summed E-state index contributed by atoms with van der Waals surface area (Å²) >= 11 is 3.27. The van der Waals surface area contributed by atoms with E-state index in [1.54, 1.807) is 6.07 Å². The molecule has 0 aliphatic heterocycles. The fraction of sp³-hybridized carbons (Fsp3) is 0. The molecule has 0 bridgehead atoms. The van der Waals surface area contributed by atoms with Crippen molar-refractivity contribution >= 4 is 21.9 Å². The molecule has 5 nitrogen and oxygen atoms in total. The normalized spacial score (nSPS) is 9.94. The first-order valence-corrected chi connectivity index (χ1v) is 5.43. The van der Waals surface area contributed by atoms with Gasteiger partial charge in [-0.15, -0.1) is 0 Å². The number of carbonyl (C=O) groups is 1. The van der Waals surface area contributed by atoms with Crippen molar-refractivity contribution in [3.8, 4) is 11.6 Å².